The summed E-state index contributed by atoms with van der Waals surface area (Å²) in [6.07, 6.45) is -0.329. The van der Waals surface area contributed by atoms with Gasteiger partial charge in [-0.1, -0.05) is 30.3 Å². The number of hydrogen-bond donors (Lipinski definition) is 2. The smallest absolute Gasteiger partial charge is 0.410 e. The number of nitrogens with zero attached hydrogens (tertiary/aromatic N) is 1. The molecule has 1 aliphatic heterocycles. The first-order chi connectivity index (χ1) is 9.13. The minimum Gasteiger partial charge on any atom is -0.445 e. The van der Waals surface area contributed by atoms with Crippen LogP contribution in [0.4, 0.5) is 4.79 Å². The fourth-order valence-corrected chi connectivity index (χ4v) is 2.12. The average Bonchev–Trinajstić information content (AvgIpc) is 2.46. The lowest BCUT2D eigenvalue weighted by molar-refractivity contribution is 0.0555. The van der Waals surface area contributed by atoms with E-state index in [9.17, 15) is 9.90 Å². The SMILES string of the molecule is C[C@]1(CO)CN(C(=O)OCc2ccccc2)CCN1. The van der Waals surface area contributed by atoms with Crippen LogP contribution in [0.5, 0.6) is 0 Å². The summed E-state index contributed by atoms with van der Waals surface area (Å²) in [7, 11) is 0. The molecule has 0 saturated carbocycles. The molecule has 1 aliphatic rings. The molecule has 0 radical (unpaired) electrons. The van der Waals surface area contributed by atoms with Crippen molar-refractivity contribution in [3.05, 3.63) is 35.9 Å². The van der Waals surface area contributed by atoms with Crippen molar-refractivity contribution in [3.8, 4) is 0 Å². The van der Waals surface area contributed by atoms with E-state index in [1.165, 1.54) is 0 Å². The Kier molecular flexibility index (Phi) is 4.39. The van der Waals surface area contributed by atoms with Gasteiger partial charge in [0.15, 0.2) is 0 Å². The van der Waals surface area contributed by atoms with Crippen molar-refractivity contribution in [1.82, 2.24) is 10.2 Å². The second-order valence-corrected chi connectivity index (χ2v) is 5.11. The maximum absolute atomic E-state index is 12.0. The number of nitrogens with one attached hydrogen (secondary N) is 1. The molecule has 1 aromatic rings. The van der Waals surface area contributed by atoms with Crippen molar-refractivity contribution >= 4 is 6.09 Å². The lowest BCUT2D eigenvalue weighted by atomic mass is 10.0. The first-order valence-corrected chi connectivity index (χ1v) is 6.44. The normalized spacial score (nSPS) is 23.2. The Morgan fingerprint density at radius 3 is 2.89 bits per heavy atom. The monoisotopic (exact) mass is 264 g/mol. The maximum Gasteiger partial charge on any atom is 0.410 e. The van der Waals surface area contributed by atoms with E-state index in [0.717, 1.165) is 5.56 Å². The number of aliphatic hydroxyl groups excluding tert-OH is 1. The molecule has 0 spiro atoms. The number of hydrogen-bond acceptors (Lipinski definition) is 4. The van der Waals surface area contributed by atoms with Gasteiger partial charge in [-0.2, -0.15) is 0 Å². The third kappa shape index (κ3) is 3.68. The third-order valence-electron chi connectivity index (χ3n) is 3.29. The second kappa shape index (κ2) is 6.04. The standard InChI is InChI=1S/C14H20N2O3/c1-14(11-17)10-16(8-7-15-14)13(18)19-9-12-5-3-2-4-6-12/h2-6,15,17H,7-11H2,1H3/t14-/m1/s1. The first kappa shape index (κ1) is 13.8. The average molecular weight is 264 g/mol. The summed E-state index contributed by atoms with van der Waals surface area (Å²) < 4.78 is 5.28. The van der Waals surface area contributed by atoms with Crippen LogP contribution in [-0.2, 0) is 11.3 Å². The molecule has 0 unspecified atom stereocenters. The molecule has 2 N–H and O–H groups in total. The van der Waals surface area contributed by atoms with Gasteiger partial charge in [0.05, 0.1) is 12.1 Å². The molecule has 1 aromatic carbocycles. The summed E-state index contributed by atoms with van der Waals surface area (Å²) in [5.41, 5.74) is 0.528. The van der Waals surface area contributed by atoms with E-state index in [4.69, 9.17) is 4.74 Å². The highest BCUT2D eigenvalue weighted by Crippen LogP contribution is 2.12. The topological polar surface area (TPSA) is 61.8 Å². The number of aliphatic hydroxyl groups is 1. The van der Waals surface area contributed by atoms with Crippen LogP contribution in [0.1, 0.15) is 12.5 Å². The molecule has 1 amide bonds. The van der Waals surface area contributed by atoms with Crippen molar-refractivity contribution in [2.24, 2.45) is 0 Å². The number of amides is 1. The molecule has 1 atom stereocenters. The van der Waals surface area contributed by atoms with Crippen LogP contribution < -0.4 is 5.32 Å². The van der Waals surface area contributed by atoms with E-state index in [2.05, 4.69) is 5.32 Å². The summed E-state index contributed by atoms with van der Waals surface area (Å²) in [6, 6.07) is 9.59. The van der Waals surface area contributed by atoms with Gasteiger partial charge >= 0.3 is 6.09 Å². The van der Waals surface area contributed by atoms with Crippen LogP contribution in [0.2, 0.25) is 0 Å². The number of carbonyl (C=O) groups is 1. The van der Waals surface area contributed by atoms with Gasteiger partial charge in [-0.15, -0.1) is 0 Å². The quantitative estimate of drug-likeness (QED) is 0.854. The molecule has 2 rings (SSSR count). The highest BCUT2D eigenvalue weighted by molar-refractivity contribution is 5.68. The predicted octanol–water partition coefficient (Wildman–Crippen LogP) is 0.979. The van der Waals surface area contributed by atoms with Crippen LogP contribution >= 0.6 is 0 Å². The molecular formula is C14H20N2O3. The fourth-order valence-electron chi connectivity index (χ4n) is 2.12. The summed E-state index contributed by atoms with van der Waals surface area (Å²) >= 11 is 0. The van der Waals surface area contributed by atoms with Crippen LogP contribution in [0.15, 0.2) is 30.3 Å². The van der Waals surface area contributed by atoms with Gasteiger partial charge in [0.25, 0.3) is 0 Å². The van der Waals surface area contributed by atoms with Crippen molar-refractivity contribution in [1.29, 1.82) is 0 Å². The molecule has 1 fully saturated rings. The van der Waals surface area contributed by atoms with Crippen molar-refractivity contribution in [2.45, 2.75) is 19.1 Å². The maximum atomic E-state index is 12.0. The minimum absolute atomic E-state index is 0.00450. The zero-order valence-corrected chi connectivity index (χ0v) is 11.1. The van der Waals surface area contributed by atoms with E-state index in [-0.39, 0.29) is 19.3 Å². The van der Waals surface area contributed by atoms with Crippen molar-refractivity contribution in [2.75, 3.05) is 26.2 Å². The van der Waals surface area contributed by atoms with Gasteiger partial charge in [0.1, 0.15) is 6.61 Å². The molecular weight excluding hydrogens is 244 g/mol. The van der Waals surface area contributed by atoms with Crippen LogP contribution in [-0.4, -0.2) is 47.9 Å². The summed E-state index contributed by atoms with van der Waals surface area (Å²) in [5, 5.41) is 12.5. The summed E-state index contributed by atoms with van der Waals surface area (Å²) in [4.78, 5) is 13.6. The van der Waals surface area contributed by atoms with Crippen molar-refractivity contribution in [3.63, 3.8) is 0 Å². The third-order valence-corrected chi connectivity index (χ3v) is 3.29. The Labute approximate surface area is 113 Å². The van der Waals surface area contributed by atoms with Gasteiger partial charge in [0, 0.05) is 19.6 Å². The van der Waals surface area contributed by atoms with Gasteiger partial charge in [-0.05, 0) is 12.5 Å². The van der Waals surface area contributed by atoms with E-state index in [0.29, 0.717) is 19.6 Å². The van der Waals surface area contributed by atoms with Crippen molar-refractivity contribution < 1.29 is 14.6 Å². The summed E-state index contributed by atoms with van der Waals surface area (Å²) in [5.74, 6) is 0. The lowest BCUT2D eigenvalue weighted by Gasteiger charge is -2.39. The van der Waals surface area contributed by atoms with Gasteiger partial charge < -0.3 is 20.1 Å². The molecule has 104 valence electrons. The Balaban J connectivity index is 1.86. The molecule has 0 bridgehead atoms. The second-order valence-electron chi connectivity index (χ2n) is 5.11. The molecule has 5 heteroatoms. The molecule has 5 nitrogen and oxygen atoms in total. The first-order valence-electron chi connectivity index (χ1n) is 6.44. The Bertz CT molecular complexity index is 424. The van der Waals surface area contributed by atoms with Gasteiger partial charge in [-0.3, -0.25) is 0 Å². The highest BCUT2D eigenvalue weighted by atomic mass is 16.6. The zero-order chi connectivity index (χ0) is 13.7. The Morgan fingerprint density at radius 1 is 1.47 bits per heavy atom. The number of rotatable bonds is 3. The summed E-state index contributed by atoms with van der Waals surface area (Å²) in [6.45, 7) is 3.89. The van der Waals surface area contributed by atoms with Gasteiger partial charge in [-0.25, -0.2) is 4.79 Å². The molecule has 1 heterocycles. The number of benzene rings is 1. The van der Waals surface area contributed by atoms with Crippen LogP contribution in [0.25, 0.3) is 0 Å². The minimum atomic E-state index is -0.440. The molecule has 1 saturated heterocycles. The molecule has 19 heavy (non-hydrogen) atoms. The highest BCUT2D eigenvalue weighted by Gasteiger charge is 2.32. The molecule has 0 aromatic heterocycles. The lowest BCUT2D eigenvalue weighted by Crippen LogP contribution is -2.61. The number of ether oxygens (including phenoxy) is 1. The van der Waals surface area contributed by atoms with E-state index in [1.54, 1.807) is 4.90 Å². The molecule has 0 aliphatic carbocycles. The Morgan fingerprint density at radius 2 is 2.21 bits per heavy atom. The number of piperazine rings is 1. The van der Waals surface area contributed by atoms with E-state index >= 15 is 0 Å². The largest absolute Gasteiger partial charge is 0.445 e. The van der Waals surface area contributed by atoms with Crippen LogP contribution in [0.3, 0.4) is 0 Å². The van der Waals surface area contributed by atoms with E-state index in [1.807, 2.05) is 37.3 Å². The van der Waals surface area contributed by atoms with Gasteiger partial charge in [0.2, 0.25) is 0 Å². The zero-order valence-electron chi connectivity index (χ0n) is 11.1. The Hall–Kier alpha value is -1.59. The predicted molar refractivity (Wildman–Crippen MR) is 71.7 cm³/mol. The fraction of sp³-hybridized carbons (Fsp3) is 0.500. The van der Waals surface area contributed by atoms with E-state index < -0.39 is 5.54 Å². The number of carbonyl (C=O) groups excluding carboxylic acids is 1. The van der Waals surface area contributed by atoms with Crippen LogP contribution in [0, 0.1) is 0 Å².